The van der Waals surface area contributed by atoms with E-state index in [0.717, 1.165) is 0 Å². The zero-order valence-corrected chi connectivity index (χ0v) is 11.2. The van der Waals surface area contributed by atoms with Crippen molar-refractivity contribution in [3.05, 3.63) is 39.9 Å². The van der Waals surface area contributed by atoms with E-state index in [0.29, 0.717) is 0 Å². The van der Waals surface area contributed by atoms with E-state index in [-0.39, 0.29) is 17.9 Å². The lowest BCUT2D eigenvalue weighted by Crippen LogP contribution is -2.28. The van der Waals surface area contributed by atoms with Crippen molar-refractivity contribution >= 4 is 23.0 Å². The van der Waals surface area contributed by atoms with Gasteiger partial charge in [0.1, 0.15) is 6.10 Å². The molecule has 1 saturated heterocycles. The number of hydrogen-bond acceptors (Lipinski definition) is 7. The number of benzene rings is 1. The molecule has 0 aliphatic carbocycles. The topological polar surface area (TPSA) is 105 Å². The summed E-state index contributed by atoms with van der Waals surface area (Å²) in [5.74, 6) is -0.776. The smallest absolute Gasteiger partial charge is 0.339 e. The second-order valence-electron chi connectivity index (χ2n) is 3.81. The largest absolute Gasteiger partial charge is 0.464 e. The van der Waals surface area contributed by atoms with Gasteiger partial charge in [-0.05, 0) is 13.0 Å². The molecule has 1 fully saturated rings. The maximum absolute atomic E-state index is 11.7. The standard InChI is InChI=1S/C11H11NO7S/c1-2-17-11(13)10-9(18-20(16)19-10)7-5-3-4-6-8(7)12(14)15/h3-6,9-10H,2H2,1H3/t9-,10+,20?/m1/s1. The molecule has 1 aromatic rings. The highest BCUT2D eigenvalue weighted by atomic mass is 32.2. The van der Waals surface area contributed by atoms with Crippen LogP contribution in [0.4, 0.5) is 5.69 Å². The Kier molecular flexibility index (Phi) is 4.42. The van der Waals surface area contributed by atoms with Gasteiger partial charge in [0.05, 0.1) is 17.1 Å². The number of esters is 1. The normalized spacial score (nSPS) is 25.4. The van der Waals surface area contributed by atoms with Crippen molar-refractivity contribution in [2.24, 2.45) is 0 Å². The van der Waals surface area contributed by atoms with Crippen molar-refractivity contribution in [3.63, 3.8) is 0 Å². The second kappa shape index (κ2) is 6.07. The number of nitro groups is 1. The summed E-state index contributed by atoms with van der Waals surface area (Å²) in [6.07, 6.45) is -2.44. The highest BCUT2D eigenvalue weighted by molar-refractivity contribution is 7.75. The van der Waals surface area contributed by atoms with E-state index in [2.05, 4.69) is 0 Å². The summed E-state index contributed by atoms with van der Waals surface area (Å²) in [6.45, 7) is 1.71. The summed E-state index contributed by atoms with van der Waals surface area (Å²) in [6, 6.07) is 5.71. The third-order valence-corrected chi connectivity index (χ3v) is 3.33. The molecule has 0 radical (unpaired) electrons. The van der Waals surface area contributed by atoms with E-state index in [1.54, 1.807) is 13.0 Å². The molecule has 0 bridgehead atoms. The number of nitrogens with zero attached hydrogens (tertiary/aromatic N) is 1. The van der Waals surface area contributed by atoms with Crippen LogP contribution in [0.2, 0.25) is 0 Å². The lowest BCUT2D eigenvalue weighted by atomic mass is 10.0. The Bertz CT molecular complexity index is 561. The van der Waals surface area contributed by atoms with Gasteiger partial charge in [0.15, 0.2) is 0 Å². The van der Waals surface area contributed by atoms with E-state index < -0.39 is 34.5 Å². The zero-order valence-electron chi connectivity index (χ0n) is 10.4. The first-order valence-corrected chi connectivity index (χ1v) is 6.70. The summed E-state index contributed by atoms with van der Waals surface area (Å²) >= 11 is -2.15. The maximum atomic E-state index is 11.7. The summed E-state index contributed by atoms with van der Waals surface area (Å²) < 4.78 is 25.9. The van der Waals surface area contributed by atoms with E-state index in [9.17, 15) is 19.1 Å². The van der Waals surface area contributed by atoms with Gasteiger partial charge in [-0.1, -0.05) is 12.1 Å². The van der Waals surface area contributed by atoms with Crippen molar-refractivity contribution in [1.82, 2.24) is 0 Å². The minimum absolute atomic E-state index is 0.106. The Labute approximate surface area is 116 Å². The molecule has 0 spiro atoms. The molecule has 0 amide bonds. The molecule has 1 aliphatic rings. The van der Waals surface area contributed by atoms with Crippen molar-refractivity contribution in [2.75, 3.05) is 6.61 Å². The van der Waals surface area contributed by atoms with Crippen molar-refractivity contribution < 1.29 is 27.0 Å². The molecule has 108 valence electrons. The van der Waals surface area contributed by atoms with Gasteiger partial charge in [0, 0.05) is 6.07 Å². The Morgan fingerprint density at radius 2 is 2.15 bits per heavy atom. The number of rotatable bonds is 4. The number of carbonyl (C=O) groups is 1. The van der Waals surface area contributed by atoms with Crippen LogP contribution in [-0.2, 0) is 29.3 Å². The monoisotopic (exact) mass is 301 g/mol. The molecule has 9 heteroatoms. The molecular weight excluding hydrogens is 290 g/mol. The van der Waals surface area contributed by atoms with Crippen LogP contribution in [0, 0.1) is 10.1 Å². The van der Waals surface area contributed by atoms with Crippen LogP contribution in [0.1, 0.15) is 18.6 Å². The summed E-state index contributed by atoms with van der Waals surface area (Å²) in [7, 11) is 0. The number of hydrogen-bond donors (Lipinski definition) is 0. The SMILES string of the molecule is CCOC(=O)[C@H]1OS(=O)O[C@@H]1c1ccccc1[N+](=O)[O-]. The molecule has 1 heterocycles. The maximum Gasteiger partial charge on any atom is 0.339 e. The van der Waals surface area contributed by atoms with Crippen molar-refractivity contribution in [2.45, 2.75) is 19.1 Å². The van der Waals surface area contributed by atoms with Crippen LogP contribution in [0.3, 0.4) is 0 Å². The number of ether oxygens (including phenoxy) is 1. The van der Waals surface area contributed by atoms with Crippen molar-refractivity contribution in [1.29, 1.82) is 0 Å². The summed E-state index contributed by atoms with van der Waals surface area (Å²) in [4.78, 5) is 22.1. The lowest BCUT2D eigenvalue weighted by Gasteiger charge is -2.14. The van der Waals surface area contributed by atoms with Gasteiger partial charge < -0.3 is 4.74 Å². The van der Waals surface area contributed by atoms with Crippen LogP contribution in [0.25, 0.3) is 0 Å². The average Bonchev–Trinajstić information content (AvgIpc) is 2.81. The highest BCUT2D eigenvalue weighted by Crippen LogP contribution is 2.37. The van der Waals surface area contributed by atoms with Crippen LogP contribution >= 0.6 is 0 Å². The molecule has 0 aromatic heterocycles. The molecule has 20 heavy (non-hydrogen) atoms. The van der Waals surface area contributed by atoms with Gasteiger partial charge in [-0.15, -0.1) is 0 Å². The Hall–Kier alpha value is -1.84. The summed E-state index contributed by atoms with van der Waals surface area (Å²) in [5, 5.41) is 11.0. The van der Waals surface area contributed by atoms with Crippen LogP contribution in [-0.4, -0.2) is 27.8 Å². The van der Waals surface area contributed by atoms with E-state index >= 15 is 0 Å². The van der Waals surface area contributed by atoms with Crippen LogP contribution in [0.5, 0.6) is 0 Å². The molecule has 1 aliphatic heterocycles. The van der Waals surface area contributed by atoms with Crippen LogP contribution < -0.4 is 0 Å². The van der Waals surface area contributed by atoms with Gasteiger partial charge >= 0.3 is 17.3 Å². The molecule has 1 aromatic carbocycles. The third-order valence-electron chi connectivity index (χ3n) is 2.60. The minimum atomic E-state index is -2.15. The van der Waals surface area contributed by atoms with E-state index in [1.807, 2.05) is 0 Å². The summed E-state index contributed by atoms with van der Waals surface area (Å²) in [5.41, 5.74) is -0.129. The molecular formula is C11H11NO7S. The lowest BCUT2D eigenvalue weighted by molar-refractivity contribution is -0.386. The predicted octanol–water partition coefficient (Wildman–Crippen LogP) is 1.19. The first-order valence-electron chi connectivity index (χ1n) is 5.70. The van der Waals surface area contributed by atoms with Gasteiger partial charge in [0.25, 0.3) is 5.69 Å². The van der Waals surface area contributed by atoms with Gasteiger partial charge in [-0.25, -0.2) is 8.98 Å². The fourth-order valence-corrected chi connectivity index (χ4v) is 2.56. The third kappa shape index (κ3) is 2.84. The molecule has 8 nitrogen and oxygen atoms in total. The fraction of sp³-hybridized carbons (Fsp3) is 0.364. The first-order chi connectivity index (χ1) is 9.54. The van der Waals surface area contributed by atoms with Gasteiger partial charge in [-0.3, -0.25) is 14.3 Å². The quantitative estimate of drug-likeness (QED) is 0.467. The van der Waals surface area contributed by atoms with Gasteiger partial charge in [0.2, 0.25) is 6.10 Å². The van der Waals surface area contributed by atoms with E-state index in [1.165, 1.54) is 18.2 Å². The zero-order chi connectivity index (χ0) is 14.7. The molecule has 2 rings (SSSR count). The molecule has 1 unspecified atom stereocenters. The van der Waals surface area contributed by atoms with Gasteiger partial charge in [-0.2, -0.15) is 4.21 Å². The van der Waals surface area contributed by atoms with Crippen molar-refractivity contribution in [3.8, 4) is 0 Å². The van der Waals surface area contributed by atoms with E-state index in [4.69, 9.17) is 13.1 Å². The Balaban J connectivity index is 2.37. The highest BCUT2D eigenvalue weighted by Gasteiger charge is 2.45. The molecule has 0 N–H and O–H groups in total. The number of nitro benzene ring substituents is 1. The Morgan fingerprint density at radius 1 is 1.45 bits per heavy atom. The Morgan fingerprint density at radius 3 is 2.80 bits per heavy atom. The minimum Gasteiger partial charge on any atom is -0.464 e. The fourth-order valence-electron chi connectivity index (χ4n) is 1.79. The first kappa shape index (κ1) is 14.6. The van der Waals surface area contributed by atoms with Crippen LogP contribution in [0.15, 0.2) is 24.3 Å². The predicted molar refractivity (Wildman–Crippen MR) is 66.6 cm³/mol. The number of para-hydroxylation sites is 1. The average molecular weight is 301 g/mol. The second-order valence-corrected chi connectivity index (χ2v) is 4.60. The molecule has 0 saturated carbocycles. The molecule has 3 atom stereocenters. The number of carbonyl (C=O) groups excluding carboxylic acids is 1.